The van der Waals surface area contributed by atoms with Gasteiger partial charge in [-0.2, -0.15) is 9.78 Å². The van der Waals surface area contributed by atoms with Gasteiger partial charge in [0.25, 0.3) is 11.2 Å². The number of ether oxygens (including phenoxy) is 1. The van der Waals surface area contributed by atoms with E-state index in [1.54, 1.807) is 0 Å². The number of benzene rings is 1. The summed E-state index contributed by atoms with van der Waals surface area (Å²) in [4.78, 5) is 22.0. The van der Waals surface area contributed by atoms with Gasteiger partial charge in [0, 0.05) is 24.4 Å². The molecule has 92 valence electrons. The molecule has 1 aromatic carbocycles. The second kappa shape index (κ2) is 4.66. The van der Waals surface area contributed by atoms with Crippen molar-refractivity contribution in [2.45, 2.75) is 0 Å². The number of nitro groups is 1. The van der Waals surface area contributed by atoms with Crippen molar-refractivity contribution in [1.29, 1.82) is 0 Å². The topological polar surface area (TPSA) is 87.3 Å². The second-order valence-corrected chi connectivity index (χ2v) is 3.39. The van der Waals surface area contributed by atoms with E-state index in [0.29, 0.717) is 5.75 Å². The lowest BCUT2D eigenvalue weighted by Crippen LogP contribution is -2.20. The standard InChI is InChI=1S/C11H9N3O4/c1-18-8-4-5-9(14(16)17)10(7-8)13-11(15)3-2-6-12-13/h2-7H,1H3. The second-order valence-electron chi connectivity index (χ2n) is 3.39. The molecule has 0 saturated carbocycles. The van der Waals surface area contributed by atoms with Crippen molar-refractivity contribution in [1.82, 2.24) is 9.78 Å². The van der Waals surface area contributed by atoms with E-state index in [1.165, 1.54) is 43.6 Å². The van der Waals surface area contributed by atoms with E-state index in [2.05, 4.69) is 5.10 Å². The molecular weight excluding hydrogens is 238 g/mol. The predicted octanol–water partition coefficient (Wildman–Crippen LogP) is 1.15. The average Bonchev–Trinajstić information content (AvgIpc) is 2.38. The van der Waals surface area contributed by atoms with Crippen molar-refractivity contribution >= 4 is 5.69 Å². The van der Waals surface area contributed by atoms with Gasteiger partial charge in [-0.3, -0.25) is 14.9 Å². The third kappa shape index (κ3) is 2.05. The molecule has 0 aliphatic rings. The lowest BCUT2D eigenvalue weighted by atomic mass is 10.2. The van der Waals surface area contributed by atoms with E-state index in [4.69, 9.17) is 4.74 Å². The van der Waals surface area contributed by atoms with Crippen LogP contribution in [0.2, 0.25) is 0 Å². The fourth-order valence-electron chi connectivity index (χ4n) is 1.49. The predicted molar refractivity (Wildman–Crippen MR) is 63.0 cm³/mol. The lowest BCUT2D eigenvalue weighted by molar-refractivity contribution is -0.384. The van der Waals surface area contributed by atoms with Gasteiger partial charge >= 0.3 is 0 Å². The third-order valence-electron chi connectivity index (χ3n) is 2.32. The first-order chi connectivity index (χ1) is 8.63. The van der Waals surface area contributed by atoms with Gasteiger partial charge in [0.2, 0.25) is 0 Å². The van der Waals surface area contributed by atoms with Crippen LogP contribution in [-0.2, 0) is 0 Å². The molecule has 0 aliphatic heterocycles. The van der Waals surface area contributed by atoms with Crippen LogP contribution in [0, 0.1) is 10.1 Å². The molecule has 0 saturated heterocycles. The molecule has 18 heavy (non-hydrogen) atoms. The summed E-state index contributed by atoms with van der Waals surface area (Å²) in [6.07, 6.45) is 1.38. The monoisotopic (exact) mass is 247 g/mol. The van der Waals surface area contributed by atoms with Gasteiger partial charge < -0.3 is 4.74 Å². The van der Waals surface area contributed by atoms with Crippen LogP contribution in [-0.4, -0.2) is 21.8 Å². The van der Waals surface area contributed by atoms with Crippen LogP contribution < -0.4 is 10.3 Å². The Morgan fingerprint density at radius 2 is 2.17 bits per heavy atom. The first-order valence-electron chi connectivity index (χ1n) is 5.00. The first kappa shape index (κ1) is 11.8. The number of rotatable bonds is 3. The van der Waals surface area contributed by atoms with Gasteiger partial charge in [0.1, 0.15) is 11.4 Å². The van der Waals surface area contributed by atoms with Crippen LogP contribution >= 0.6 is 0 Å². The zero-order valence-corrected chi connectivity index (χ0v) is 9.44. The summed E-state index contributed by atoms with van der Waals surface area (Å²) in [6.45, 7) is 0. The highest BCUT2D eigenvalue weighted by molar-refractivity contribution is 5.55. The highest BCUT2D eigenvalue weighted by atomic mass is 16.6. The quantitative estimate of drug-likeness (QED) is 0.599. The summed E-state index contributed by atoms with van der Waals surface area (Å²) >= 11 is 0. The molecule has 2 rings (SSSR count). The minimum absolute atomic E-state index is 0.0740. The maximum atomic E-state index is 11.6. The van der Waals surface area contributed by atoms with Crippen molar-refractivity contribution < 1.29 is 9.66 Å². The number of nitrogens with zero attached hydrogens (tertiary/aromatic N) is 3. The summed E-state index contributed by atoms with van der Waals surface area (Å²) in [5, 5.41) is 14.7. The highest BCUT2D eigenvalue weighted by Gasteiger charge is 2.17. The fraction of sp³-hybridized carbons (Fsp3) is 0.0909. The Labute approximate surface area is 101 Å². The fourth-order valence-corrected chi connectivity index (χ4v) is 1.49. The summed E-state index contributed by atoms with van der Waals surface area (Å²) in [5.41, 5.74) is -0.588. The molecule has 1 heterocycles. The van der Waals surface area contributed by atoms with Gasteiger partial charge in [0.05, 0.1) is 12.0 Å². The molecule has 0 amide bonds. The normalized spacial score (nSPS) is 10.1. The molecule has 0 atom stereocenters. The molecule has 0 spiro atoms. The zero-order valence-electron chi connectivity index (χ0n) is 9.44. The third-order valence-corrected chi connectivity index (χ3v) is 2.32. The number of hydrogen-bond donors (Lipinski definition) is 0. The van der Waals surface area contributed by atoms with Gasteiger partial charge in [-0.05, 0) is 12.1 Å². The van der Waals surface area contributed by atoms with E-state index in [9.17, 15) is 14.9 Å². The molecule has 0 fully saturated rings. The van der Waals surface area contributed by atoms with Crippen molar-refractivity contribution in [3.8, 4) is 11.4 Å². The molecule has 2 aromatic rings. The zero-order chi connectivity index (χ0) is 13.1. The maximum absolute atomic E-state index is 11.6. The van der Waals surface area contributed by atoms with Crippen LogP contribution in [0.15, 0.2) is 41.3 Å². The van der Waals surface area contributed by atoms with Crippen LogP contribution in [0.5, 0.6) is 5.75 Å². The average molecular weight is 247 g/mol. The van der Waals surface area contributed by atoms with Gasteiger partial charge in [-0.15, -0.1) is 0 Å². The molecule has 0 aliphatic carbocycles. The van der Waals surface area contributed by atoms with Crippen molar-refractivity contribution in [2.75, 3.05) is 7.11 Å². The SMILES string of the molecule is COc1ccc([N+](=O)[O-])c(-n2ncccc2=O)c1. The Balaban J connectivity index is 2.72. The van der Waals surface area contributed by atoms with Gasteiger partial charge in [-0.25, -0.2) is 0 Å². The summed E-state index contributed by atoms with van der Waals surface area (Å²) in [7, 11) is 1.44. The van der Waals surface area contributed by atoms with Crippen molar-refractivity contribution in [2.24, 2.45) is 0 Å². The van der Waals surface area contributed by atoms with E-state index in [1.807, 2.05) is 0 Å². The molecular formula is C11H9N3O4. The van der Waals surface area contributed by atoms with Crippen LogP contribution in [0.1, 0.15) is 0 Å². The minimum atomic E-state index is -0.574. The molecule has 7 heteroatoms. The number of nitro benzene ring substituents is 1. The molecule has 0 unspecified atom stereocenters. The summed E-state index contributed by atoms with van der Waals surface area (Å²) in [5.74, 6) is 0.410. The van der Waals surface area contributed by atoms with Crippen LogP contribution in [0.3, 0.4) is 0 Å². The minimum Gasteiger partial charge on any atom is -0.497 e. The van der Waals surface area contributed by atoms with Crippen molar-refractivity contribution in [3.63, 3.8) is 0 Å². The van der Waals surface area contributed by atoms with Crippen molar-refractivity contribution in [3.05, 3.63) is 57.0 Å². The van der Waals surface area contributed by atoms with E-state index in [-0.39, 0.29) is 11.4 Å². The Hall–Kier alpha value is -2.70. The van der Waals surface area contributed by atoms with Gasteiger partial charge in [-0.1, -0.05) is 0 Å². The maximum Gasteiger partial charge on any atom is 0.295 e. The summed E-state index contributed by atoms with van der Waals surface area (Å²) < 4.78 is 5.94. The van der Waals surface area contributed by atoms with E-state index < -0.39 is 10.5 Å². The number of hydrogen-bond acceptors (Lipinski definition) is 5. The Bertz CT molecular complexity index is 651. The first-order valence-corrected chi connectivity index (χ1v) is 5.00. The lowest BCUT2D eigenvalue weighted by Gasteiger charge is -2.06. The smallest absolute Gasteiger partial charge is 0.295 e. The summed E-state index contributed by atoms with van der Waals surface area (Å²) in [6, 6.07) is 6.86. The van der Waals surface area contributed by atoms with Gasteiger partial charge in [0.15, 0.2) is 0 Å². The van der Waals surface area contributed by atoms with Crippen LogP contribution in [0.25, 0.3) is 5.69 Å². The van der Waals surface area contributed by atoms with E-state index >= 15 is 0 Å². The molecule has 0 bridgehead atoms. The highest BCUT2D eigenvalue weighted by Crippen LogP contribution is 2.25. The number of aromatic nitrogens is 2. The number of methoxy groups -OCH3 is 1. The molecule has 0 radical (unpaired) electrons. The Morgan fingerprint density at radius 1 is 1.39 bits per heavy atom. The van der Waals surface area contributed by atoms with Crippen LogP contribution in [0.4, 0.5) is 5.69 Å². The Kier molecular flexibility index (Phi) is 3.05. The molecule has 7 nitrogen and oxygen atoms in total. The Morgan fingerprint density at radius 3 is 2.78 bits per heavy atom. The van der Waals surface area contributed by atoms with E-state index in [0.717, 1.165) is 4.68 Å². The molecule has 1 aromatic heterocycles. The molecule has 0 N–H and O–H groups in total. The largest absolute Gasteiger partial charge is 0.497 e.